The molecular formula is C12H14ClN5O2S. The molecule has 112 valence electrons. The first-order chi connectivity index (χ1) is 9.92. The second kappa shape index (κ2) is 6.25. The van der Waals surface area contributed by atoms with Crippen LogP contribution in [-0.4, -0.2) is 32.5 Å². The van der Waals surface area contributed by atoms with Crippen molar-refractivity contribution in [1.82, 2.24) is 15.0 Å². The van der Waals surface area contributed by atoms with Gasteiger partial charge in [-0.3, -0.25) is 5.41 Å². The average molecular weight is 328 g/mol. The van der Waals surface area contributed by atoms with Gasteiger partial charge in [-0.1, -0.05) is 23.7 Å². The number of guanidine groups is 1. The van der Waals surface area contributed by atoms with Crippen molar-refractivity contribution in [2.45, 2.75) is 4.90 Å². The Morgan fingerprint density at radius 2 is 2.05 bits per heavy atom. The summed E-state index contributed by atoms with van der Waals surface area (Å²) in [6, 6.07) is 6.42. The number of benzene rings is 1. The Hall–Kier alpha value is -1.90. The lowest BCUT2D eigenvalue weighted by molar-refractivity contribution is 0.581. The van der Waals surface area contributed by atoms with Crippen LogP contribution in [0, 0.1) is 5.41 Å². The molecule has 0 amide bonds. The van der Waals surface area contributed by atoms with Crippen molar-refractivity contribution in [2.24, 2.45) is 5.73 Å². The molecule has 1 aromatic heterocycles. The van der Waals surface area contributed by atoms with Crippen molar-refractivity contribution in [1.29, 1.82) is 5.41 Å². The molecule has 0 aliphatic rings. The third-order valence-electron chi connectivity index (χ3n) is 2.74. The van der Waals surface area contributed by atoms with Gasteiger partial charge < -0.3 is 11.1 Å². The topological polar surface area (TPSA) is 121 Å². The Bertz CT molecular complexity index is 778. The molecule has 1 heterocycles. The Morgan fingerprint density at radius 1 is 1.29 bits per heavy atom. The molecule has 5 N–H and O–H groups in total. The van der Waals surface area contributed by atoms with Crippen LogP contribution in [0.3, 0.4) is 0 Å². The number of hydrogen-bond acceptors (Lipinski definition) is 4. The van der Waals surface area contributed by atoms with Gasteiger partial charge in [-0.25, -0.2) is 18.1 Å². The fourth-order valence-electron chi connectivity index (χ4n) is 1.84. The number of rotatable bonds is 5. The molecule has 0 unspecified atom stereocenters. The van der Waals surface area contributed by atoms with Crippen LogP contribution in [0.25, 0.3) is 10.8 Å². The molecule has 21 heavy (non-hydrogen) atoms. The van der Waals surface area contributed by atoms with Gasteiger partial charge >= 0.3 is 0 Å². The van der Waals surface area contributed by atoms with Gasteiger partial charge in [0, 0.05) is 30.1 Å². The molecule has 0 radical (unpaired) electrons. The summed E-state index contributed by atoms with van der Waals surface area (Å²) < 4.78 is 27.1. The summed E-state index contributed by atoms with van der Waals surface area (Å²) in [4.78, 5) is 4.06. The summed E-state index contributed by atoms with van der Waals surface area (Å²) in [6.07, 6.45) is 1.46. The van der Waals surface area contributed by atoms with E-state index in [0.29, 0.717) is 10.8 Å². The van der Waals surface area contributed by atoms with Crippen LogP contribution < -0.4 is 15.8 Å². The number of aromatic nitrogens is 1. The van der Waals surface area contributed by atoms with Gasteiger partial charge in [-0.2, -0.15) is 0 Å². The molecule has 2 rings (SSSR count). The van der Waals surface area contributed by atoms with E-state index in [9.17, 15) is 8.42 Å². The van der Waals surface area contributed by atoms with Crippen LogP contribution in [0.5, 0.6) is 0 Å². The number of fused-ring (bicyclic) bond motifs is 1. The predicted octanol–water partition coefficient (Wildman–Crippen LogP) is 0.650. The quantitative estimate of drug-likeness (QED) is 0.278. The van der Waals surface area contributed by atoms with Gasteiger partial charge in [0.25, 0.3) is 0 Å². The lowest BCUT2D eigenvalue weighted by Crippen LogP contribution is -2.37. The zero-order valence-corrected chi connectivity index (χ0v) is 12.5. The highest BCUT2D eigenvalue weighted by Gasteiger charge is 2.17. The van der Waals surface area contributed by atoms with Crippen LogP contribution in [-0.2, 0) is 10.0 Å². The van der Waals surface area contributed by atoms with E-state index in [4.69, 9.17) is 22.7 Å². The maximum atomic E-state index is 12.3. The maximum Gasteiger partial charge on any atom is 0.241 e. The third kappa shape index (κ3) is 3.60. The zero-order chi connectivity index (χ0) is 15.5. The van der Waals surface area contributed by atoms with Gasteiger partial charge in [-0.15, -0.1) is 0 Å². The number of hydrogen-bond donors (Lipinski definition) is 4. The Kier molecular flexibility index (Phi) is 4.61. The minimum absolute atomic E-state index is 0.108. The maximum absolute atomic E-state index is 12.3. The summed E-state index contributed by atoms with van der Waals surface area (Å²) in [5.41, 5.74) is 5.12. The molecule has 0 atom stereocenters. The SMILES string of the molecule is N=C(N)NCCNS(=O)(=O)c1cccc2c(Cl)nccc12. The fraction of sp³-hybridized carbons (Fsp3) is 0.167. The van der Waals surface area contributed by atoms with E-state index in [1.807, 2.05) is 0 Å². The van der Waals surface area contributed by atoms with E-state index in [0.717, 1.165) is 0 Å². The number of nitrogens with zero attached hydrogens (tertiary/aromatic N) is 1. The molecule has 9 heteroatoms. The zero-order valence-electron chi connectivity index (χ0n) is 10.9. The van der Waals surface area contributed by atoms with Crippen molar-refractivity contribution in [2.75, 3.05) is 13.1 Å². The van der Waals surface area contributed by atoms with Crippen molar-refractivity contribution in [3.8, 4) is 0 Å². The second-order valence-electron chi connectivity index (χ2n) is 4.19. The molecular weight excluding hydrogens is 314 g/mol. The van der Waals surface area contributed by atoms with Crippen LogP contribution in [0.15, 0.2) is 35.4 Å². The first kappa shape index (κ1) is 15.5. The minimum Gasteiger partial charge on any atom is -0.370 e. The summed E-state index contributed by atoms with van der Waals surface area (Å²) in [5.74, 6) is -0.211. The van der Waals surface area contributed by atoms with E-state index in [1.54, 1.807) is 18.2 Å². The molecule has 0 fully saturated rings. The lowest BCUT2D eigenvalue weighted by Gasteiger charge is -2.10. The largest absolute Gasteiger partial charge is 0.370 e. The molecule has 0 saturated heterocycles. The van der Waals surface area contributed by atoms with E-state index >= 15 is 0 Å². The van der Waals surface area contributed by atoms with Crippen molar-refractivity contribution in [3.63, 3.8) is 0 Å². The molecule has 0 aliphatic heterocycles. The predicted molar refractivity (Wildman–Crippen MR) is 81.9 cm³/mol. The van der Waals surface area contributed by atoms with E-state index in [-0.39, 0.29) is 29.1 Å². The molecule has 0 aliphatic carbocycles. The number of nitrogens with two attached hydrogens (primary N) is 1. The molecule has 7 nitrogen and oxygen atoms in total. The van der Waals surface area contributed by atoms with Crippen molar-refractivity contribution in [3.05, 3.63) is 35.6 Å². The highest BCUT2D eigenvalue weighted by Crippen LogP contribution is 2.26. The normalized spacial score (nSPS) is 11.5. The van der Waals surface area contributed by atoms with Crippen LogP contribution >= 0.6 is 11.6 Å². The van der Waals surface area contributed by atoms with Crippen LogP contribution in [0.4, 0.5) is 0 Å². The first-order valence-corrected chi connectivity index (χ1v) is 7.89. The number of sulfonamides is 1. The molecule has 0 spiro atoms. The lowest BCUT2D eigenvalue weighted by atomic mass is 10.2. The van der Waals surface area contributed by atoms with E-state index < -0.39 is 10.0 Å². The molecule has 0 bridgehead atoms. The van der Waals surface area contributed by atoms with Crippen LogP contribution in [0.2, 0.25) is 5.15 Å². The van der Waals surface area contributed by atoms with Gasteiger partial charge in [0.15, 0.2) is 5.96 Å². The van der Waals surface area contributed by atoms with Crippen molar-refractivity contribution >= 4 is 38.4 Å². The van der Waals surface area contributed by atoms with Gasteiger partial charge in [0.05, 0.1) is 4.90 Å². The Labute approximate surface area is 127 Å². The van der Waals surface area contributed by atoms with Gasteiger partial charge in [0.1, 0.15) is 5.15 Å². The number of pyridine rings is 1. The molecule has 1 aromatic carbocycles. The van der Waals surface area contributed by atoms with E-state index in [2.05, 4.69) is 15.0 Å². The summed E-state index contributed by atoms with van der Waals surface area (Å²) in [6.45, 7) is 0.332. The fourth-order valence-corrected chi connectivity index (χ4v) is 3.31. The molecule has 0 saturated carbocycles. The first-order valence-electron chi connectivity index (χ1n) is 6.02. The minimum atomic E-state index is -3.69. The highest BCUT2D eigenvalue weighted by atomic mass is 35.5. The van der Waals surface area contributed by atoms with Gasteiger partial charge in [-0.05, 0) is 12.1 Å². The van der Waals surface area contributed by atoms with Crippen LogP contribution in [0.1, 0.15) is 0 Å². The van der Waals surface area contributed by atoms with Gasteiger partial charge in [0.2, 0.25) is 10.0 Å². The number of nitrogens with one attached hydrogen (secondary N) is 3. The average Bonchev–Trinajstić information content (AvgIpc) is 2.43. The van der Waals surface area contributed by atoms with E-state index in [1.165, 1.54) is 12.3 Å². The third-order valence-corrected chi connectivity index (χ3v) is 4.56. The number of halogens is 1. The second-order valence-corrected chi connectivity index (χ2v) is 6.28. The summed E-state index contributed by atoms with van der Waals surface area (Å²) in [7, 11) is -3.69. The smallest absolute Gasteiger partial charge is 0.241 e. The summed E-state index contributed by atoms with van der Waals surface area (Å²) in [5, 5.41) is 10.8. The van der Waals surface area contributed by atoms with Crippen molar-refractivity contribution < 1.29 is 8.42 Å². The Balaban J connectivity index is 2.28. The molecule has 2 aromatic rings. The monoisotopic (exact) mass is 327 g/mol. The Morgan fingerprint density at radius 3 is 2.76 bits per heavy atom. The highest BCUT2D eigenvalue weighted by molar-refractivity contribution is 7.89. The summed E-state index contributed by atoms with van der Waals surface area (Å²) >= 11 is 5.97. The standard InChI is InChI=1S/C12H14ClN5O2S/c13-11-9-2-1-3-10(8(9)4-5-16-11)21(19,20)18-7-6-17-12(14)15/h1-5,18H,6-7H2,(H4,14,15,17).